The number of nitrogens with zero attached hydrogens (tertiary/aromatic N) is 2. The number of phenolic OH excluding ortho intramolecular Hbond substituents is 1. The fourth-order valence-corrected chi connectivity index (χ4v) is 9.32. The average molecular weight is 717 g/mol. The van der Waals surface area contributed by atoms with Crippen molar-refractivity contribution in [3.8, 4) is 11.5 Å². The van der Waals surface area contributed by atoms with Gasteiger partial charge in [0.1, 0.15) is 0 Å². The first-order valence-corrected chi connectivity index (χ1v) is 17.5. The molecular formula is C41H33ClN2O8. The Labute approximate surface area is 303 Å². The predicted molar refractivity (Wildman–Crippen MR) is 191 cm³/mol. The number of hydrogen-bond donors (Lipinski definition) is 2. The Morgan fingerprint density at radius 3 is 2.29 bits per heavy atom. The highest BCUT2D eigenvalue weighted by Crippen LogP contribution is 2.65. The van der Waals surface area contributed by atoms with Crippen LogP contribution in [0.2, 0.25) is 5.02 Å². The largest absolute Gasteiger partial charge is 0.504 e. The number of amides is 4. The fraction of sp³-hybridized carbons (Fsp3) is 0.244. The molecule has 4 aliphatic rings. The van der Waals surface area contributed by atoms with Crippen LogP contribution in [0.4, 0.5) is 11.4 Å². The summed E-state index contributed by atoms with van der Waals surface area (Å²) in [7, 11) is 0. The Kier molecular flexibility index (Phi) is 8.02. The van der Waals surface area contributed by atoms with Crippen LogP contribution in [0.15, 0.2) is 109 Å². The summed E-state index contributed by atoms with van der Waals surface area (Å²) in [6.45, 7) is 2.05. The molecule has 2 saturated heterocycles. The lowest BCUT2D eigenvalue weighted by Gasteiger charge is -2.50. The summed E-state index contributed by atoms with van der Waals surface area (Å²) in [5, 5.41) is 20.7. The van der Waals surface area contributed by atoms with Gasteiger partial charge in [-0.15, -0.1) is 0 Å². The number of phenols is 1. The van der Waals surface area contributed by atoms with Crippen LogP contribution in [0, 0.1) is 23.7 Å². The van der Waals surface area contributed by atoms with Crippen LogP contribution in [0.1, 0.15) is 47.2 Å². The van der Waals surface area contributed by atoms with Gasteiger partial charge < -0.3 is 14.9 Å². The highest BCUT2D eigenvalue weighted by molar-refractivity contribution is 6.32. The normalized spacial score (nSPS) is 26.5. The van der Waals surface area contributed by atoms with Gasteiger partial charge in [-0.05, 0) is 85.3 Å². The van der Waals surface area contributed by atoms with Gasteiger partial charge >= 0.3 is 5.97 Å². The third-order valence-corrected chi connectivity index (χ3v) is 11.4. The van der Waals surface area contributed by atoms with E-state index in [1.54, 1.807) is 43.3 Å². The molecule has 2 aliphatic carbocycles. The van der Waals surface area contributed by atoms with E-state index < -0.39 is 64.6 Å². The standard InChI is InChI=1S/C41H33ClN2O8/c1-2-52-33-19-22(14-17-32(33)45)35-28-15-16-29-34(38(48)43(36(29)46)26-12-6-8-23(18-26)39(49)50)30(28)21-31-37(47)44(27-13-7-11-25(42)20-27)40(51)41(31,35)24-9-4-3-5-10-24/h3-15,17-20,29-31,34-35,45H,2,16,21H2,1H3,(H,49,50)/t29-,30+,31-,34-,35-,41+/m0/s1. The zero-order chi connectivity index (χ0) is 36.5. The van der Waals surface area contributed by atoms with Crippen LogP contribution in [-0.2, 0) is 24.6 Å². The zero-order valence-electron chi connectivity index (χ0n) is 27.9. The van der Waals surface area contributed by atoms with Crippen molar-refractivity contribution in [1.82, 2.24) is 0 Å². The molecule has 11 heteroatoms. The van der Waals surface area contributed by atoms with Crippen LogP contribution in [-0.4, -0.2) is 46.4 Å². The minimum atomic E-state index is -1.49. The summed E-state index contributed by atoms with van der Waals surface area (Å²) in [5.41, 5.74) is 0.880. The highest BCUT2D eigenvalue weighted by atomic mass is 35.5. The first-order chi connectivity index (χ1) is 25.1. The van der Waals surface area contributed by atoms with Crippen molar-refractivity contribution in [2.45, 2.75) is 31.1 Å². The number of carbonyl (C=O) groups is 5. The number of aromatic carboxylic acids is 1. The number of carbonyl (C=O) groups excluding carboxylic acids is 4. The molecule has 0 aromatic heterocycles. The van der Waals surface area contributed by atoms with Gasteiger partial charge in [0.15, 0.2) is 11.5 Å². The summed E-state index contributed by atoms with van der Waals surface area (Å²) in [6.07, 6.45) is 2.23. The zero-order valence-corrected chi connectivity index (χ0v) is 28.7. The molecule has 52 heavy (non-hydrogen) atoms. The maximum absolute atomic E-state index is 15.4. The van der Waals surface area contributed by atoms with E-state index in [-0.39, 0.29) is 42.2 Å². The van der Waals surface area contributed by atoms with E-state index in [2.05, 4.69) is 0 Å². The quantitative estimate of drug-likeness (QED) is 0.163. The number of benzene rings is 4. The van der Waals surface area contributed by atoms with Crippen molar-refractivity contribution < 1.29 is 38.9 Å². The summed E-state index contributed by atoms with van der Waals surface area (Å²) in [5.74, 6) is -6.94. The van der Waals surface area contributed by atoms with Crippen molar-refractivity contribution in [3.05, 3.63) is 130 Å². The van der Waals surface area contributed by atoms with Gasteiger partial charge in [-0.2, -0.15) is 0 Å². The van der Waals surface area contributed by atoms with Crippen LogP contribution in [0.5, 0.6) is 11.5 Å². The van der Waals surface area contributed by atoms with E-state index in [4.69, 9.17) is 16.3 Å². The molecule has 10 nitrogen and oxygen atoms in total. The molecule has 0 unspecified atom stereocenters. The van der Waals surface area contributed by atoms with E-state index in [1.165, 1.54) is 35.2 Å². The molecule has 262 valence electrons. The number of allylic oxidation sites excluding steroid dienone is 2. The van der Waals surface area contributed by atoms with Gasteiger partial charge in [-0.25, -0.2) is 9.69 Å². The van der Waals surface area contributed by atoms with Gasteiger partial charge in [0, 0.05) is 10.9 Å². The van der Waals surface area contributed by atoms with Gasteiger partial charge in [0.2, 0.25) is 23.6 Å². The number of carboxylic acid groups (broad SMARTS) is 1. The molecule has 4 amide bonds. The molecule has 1 saturated carbocycles. The van der Waals surface area contributed by atoms with Crippen LogP contribution < -0.4 is 14.5 Å². The molecule has 0 radical (unpaired) electrons. The van der Waals surface area contributed by atoms with Crippen molar-refractivity contribution in [3.63, 3.8) is 0 Å². The lowest BCUT2D eigenvalue weighted by atomic mass is 9.49. The molecule has 2 aliphatic heterocycles. The molecular weight excluding hydrogens is 684 g/mol. The summed E-state index contributed by atoms with van der Waals surface area (Å²) < 4.78 is 5.80. The second-order valence-corrected chi connectivity index (χ2v) is 14.1. The summed E-state index contributed by atoms with van der Waals surface area (Å²) >= 11 is 6.39. The van der Waals surface area contributed by atoms with Gasteiger partial charge in [0.25, 0.3) is 0 Å². The van der Waals surface area contributed by atoms with Crippen LogP contribution >= 0.6 is 11.6 Å². The van der Waals surface area contributed by atoms with Crippen molar-refractivity contribution >= 4 is 52.6 Å². The number of hydrogen-bond acceptors (Lipinski definition) is 7. The first kappa shape index (κ1) is 33.4. The number of aromatic hydroxyl groups is 1. The van der Waals surface area contributed by atoms with Crippen molar-refractivity contribution in [2.75, 3.05) is 16.4 Å². The van der Waals surface area contributed by atoms with E-state index in [0.717, 1.165) is 10.5 Å². The molecule has 8 rings (SSSR count). The Morgan fingerprint density at radius 2 is 1.58 bits per heavy atom. The number of carboxylic acids is 1. The Bertz CT molecular complexity index is 2220. The van der Waals surface area contributed by atoms with E-state index in [9.17, 15) is 29.4 Å². The Hall–Kier alpha value is -5.74. The minimum absolute atomic E-state index is 0.0641. The topological polar surface area (TPSA) is 142 Å². The van der Waals surface area contributed by atoms with Gasteiger partial charge in [-0.3, -0.25) is 24.1 Å². The summed E-state index contributed by atoms with van der Waals surface area (Å²) in [4.78, 5) is 72.9. The maximum Gasteiger partial charge on any atom is 0.335 e. The van der Waals surface area contributed by atoms with E-state index in [0.29, 0.717) is 21.8 Å². The Morgan fingerprint density at radius 1 is 0.846 bits per heavy atom. The molecule has 0 bridgehead atoms. The molecule has 3 fully saturated rings. The monoisotopic (exact) mass is 716 g/mol. The third kappa shape index (κ3) is 4.81. The molecule has 2 N–H and O–H groups in total. The number of rotatable bonds is 7. The Balaban J connectivity index is 1.35. The summed E-state index contributed by atoms with van der Waals surface area (Å²) in [6, 6.07) is 26.3. The lowest BCUT2D eigenvalue weighted by molar-refractivity contribution is -0.127. The third-order valence-electron chi connectivity index (χ3n) is 11.1. The number of anilines is 2. The van der Waals surface area contributed by atoms with E-state index in [1.807, 2.05) is 36.4 Å². The molecule has 4 aromatic carbocycles. The lowest BCUT2D eigenvalue weighted by Crippen LogP contribution is -2.53. The number of halogens is 1. The highest BCUT2D eigenvalue weighted by Gasteiger charge is 2.70. The fourth-order valence-electron chi connectivity index (χ4n) is 9.13. The number of ether oxygens (including phenoxy) is 1. The van der Waals surface area contributed by atoms with E-state index >= 15 is 4.79 Å². The number of fused-ring (bicyclic) bond motifs is 4. The van der Waals surface area contributed by atoms with Crippen LogP contribution in [0.3, 0.4) is 0 Å². The SMILES string of the molecule is CCOc1cc([C@H]2C3=CC[C@@H]4C(=O)N(c5cccc(C(=O)O)c5)C(=O)[C@@H]4[C@@H]3C[C@H]3C(=O)N(c4cccc(Cl)c4)C(=O)[C@@]23c2ccccc2)ccc1O. The second-order valence-electron chi connectivity index (χ2n) is 13.6. The molecule has 0 spiro atoms. The minimum Gasteiger partial charge on any atom is -0.504 e. The average Bonchev–Trinajstić information content (AvgIpc) is 3.53. The predicted octanol–water partition coefficient (Wildman–Crippen LogP) is 6.51. The second kappa shape index (κ2) is 12.5. The molecule has 2 heterocycles. The first-order valence-electron chi connectivity index (χ1n) is 17.1. The maximum atomic E-state index is 15.4. The smallest absolute Gasteiger partial charge is 0.335 e. The van der Waals surface area contributed by atoms with Crippen LogP contribution in [0.25, 0.3) is 0 Å². The molecule has 6 atom stereocenters. The number of imide groups is 2. The van der Waals surface area contributed by atoms with Gasteiger partial charge in [0.05, 0.1) is 46.7 Å². The molecule has 4 aromatic rings. The van der Waals surface area contributed by atoms with Crippen molar-refractivity contribution in [2.24, 2.45) is 23.7 Å². The van der Waals surface area contributed by atoms with Crippen molar-refractivity contribution in [1.29, 1.82) is 0 Å². The van der Waals surface area contributed by atoms with Gasteiger partial charge in [-0.1, -0.05) is 71.8 Å².